The van der Waals surface area contributed by atoms with Crippen LogP contribution in [0.25, 0.3) is 10.9 Å². The Labute approximate surface area is 239 Å². The number of fused-ring (bicyclic) bond motifs is 2. The van der Waals surface area contributed by atoms with E-state index >= 15 is 0 Å². The second-order valence-electron chi connectivity index (χ2n) is 11.4. The Hall–Kier alpha value is -3.04. The van der Waals surface area contributed by atoms with Crippen LogP contribution in [-0.2, 0) is 32.6 Å². The molecular formula is C29H33B3N4O4. The number of nitrogens with zero attached hydrogens (tertiary/aromatic N) is 4. The summed E-state index contributed by atoms with van der Waals surface area (Å²) in [7, 11) is 18.6. The number of amides is 1. The predicted molar refractivity (Wildman–Crippen MR) is 160 cm³/mol. The lowest BCUT2D eigenvalue weighted by Crippen LogP contribution is -2.50. The molecule has 1 aromatic heterocycles. The van der Waals surface area contributed by atoms with Gasteiger partial charge in [0, 0.05) is 38.1 Å². The van der Waals surface area contributed by atoms with Crippen molar-refractivity contribution in [2.24, 2.45) is 0 Å². The second-order valence-corrected chi connectivity index (χ2v) is 11.4. The van der Waals surface area contributed by atoms with Crippen molar-refractivity contribution in [1.29, 1.82) is 0 Å². The highest BCUT2D eigenvalue weighted by Crippen LogP contribution is 2.41. The summed E-state index contributed by atoms with van der Waals surface area (Å²) in [5, 5.41) is -1.17. The van der Waals surface area contributed by atoms with Gasteiger partial charge in [-0.3, -0.25) is 14.2 Å². The molecule has 0 spiro atoms. The highest BCUT2D eigenvalue weighted by molar-refractivity contribution is 6.58. The summed E-state index contributed by atoms with van der Waals surface area (Å²) < 4.78 is 13.1. The number of rotatable bonds is 7. The number of ether oxygens (including phenoxy) is 2. The highest BCUT2D eigenvalue weighted by atomic mass is 16.5. The molecule has 3 heterocycles. The van der Waals surface area contributed by atoms with Gasteiger partial charge in [0.25, 0.3) is 5.56 Å². The topological polar surface area (TPSA) is 76.9 Å². The van der Waals surface area contributed by atoms with Crippen LogP contribution < -0.4 is 15.4 Å². The third-order valence-corrected chi connectivity index (χ3v) is 8.06. The van der Waals surface area contributed by atoms with Gasteiger partial charge in [-0.15, -0.1) is 0 Å². The van der Waals surface area contributed by atoms with Crippen molar-refractivity contribution in [2.75, 3.05) is 36.5 Å². The molecular weight excluding hydrogens is 501 g/mol. The molecule has 40 heavy (non-hydrogen) atoms. The van der Waals surface area contributed by atoms with E-state index in [0.29, 0.717) is 49.4 Å². The average molecular weight is 534 g/mol. The van der Waals surface area contributed by atoms with E-state index in [2.05, 4.69) is 11.0 Å². The lowest BCUT2D eigenvalue weighted by Gasteiger charge is -2.39. The van der Waals surface area contributed by atoms with Gasteiger partial charge in [-0.25, -0.2) is 4.98 Å². The van der Waals surface area contributed by atoms with E-state index < -0.39 is 16.8 Å². The van der Waals surface area contributed by atoms with Crippen LogP contribution in [0, 0.1) is 6.92 Å². The van der Waals surface area contributed by atoms with E-state index in [4.69, 9.17) is 38.0 Å². The van der Waals surface area contributed by atoms with Crippen LogP contribution in [0.2, 0.25) is 0 Å². The normalized spacial score (nSPS) is 19.7. The molecule has 5 rings (SSSR count). The SMILES string of the molecule is [B]C([B])([B])OC(C)C1CN(c2ccc3c(=O)n(CCc4ccc5c(c4)N(C)C(=O)C5(C)C)c(C)nc3c2)CCO1. The molecule has 2 unspecified atom stereocenters. The molecule has 0 saturated carbocycles. The van der Waals surface area contributed by atoms with E-state index in [1.54, 1.807) is 9.47 Å². The van der Waals surface area contributed by atoms with Gasteiger partial charge in [0.1, 0.15) is 11.9 Å². The third kappa shape index (κ3) is 5.33. The zero-order chi connectivity index (χ0) is 29.0. The minimum atomic E-state index is -1.73. The molecule has 11 heteroatoms. The van der Waals surface area contributed by atoms with E-state index in [9.17, 15) is 9.59 Å². The summed E-state index contributed by atoms with van der Waals surface area (Å²) in [5.41, 5.74) is 4.01. The number of morpholine rings is 1. The van der Waals surface area contributed by atoms with Crippen LogP contribution in [-0.4, -0.2) is 83.2 Å². The molecule has 6 radical (unpaired) electrons. The maximum Gasteiger partial charge on any atom is 0.261 e. The van der Waals surface area contributed by atoms with Crippen LogP contribution in [0.1, 0.15) is 37.7 Å². The fourth-order valence-corrected chi connectivity index (χ4v) is 5.80. The number of anilines is 2. The summed E-state index contributed by atoms with van der Waals surface area (Å²) in [5.74, 6) is 0.736. The number of hydrogen-bond acceptors (Lipinski definition) is 6. The zero-order valence-corrected chi connectivity index (χ0v) is 23.8. The maximum absolute atomic E-state index is 13.5. The first kappa shape index (κ1) is 28.5. The highest BCUT2D eigenvalue weighted by Gasteiger charge is 2.42. The summed E-state index contributed by atoms with van der Waals surface area (Å²) >= 11 is 0. The first-order chi connectivity index (χ1) is 18.8. The van der Waals surface area contributed by atoms with Crippen molar-refractivity contribution in [2.45, 2.75) is 63.6 Å². The van der Waals surface area contributed by atoms with Crippen molar-refractivity contribution in [3.63, 3.8) is 0 Å². The number of aromatic nitrogens is 2. The Morgan fingerprint density at radius 2 is 1.93 bits per heavy atom. The van der Waals surface area contributed by atoms with Crippen LogP contribution in [0.4, 0.5) is 11.4 Å². The molecule has 0 bridgehead atoms. The van der Waals surface area contributed by atoms with Gasteiger partial charge in [0.15, 0.2) is 0 Å². The Kier molecular flexibility index (Phi) is 7.42. The summed E-state index contributed by atoms with van der Waals surface area (Å²) in [6.07, 6.45) is -0.0356. The fraction of sp³-hybridized carbons (Fsp3) is 0.483. The van der Waals surface area contributed by atoms with Crippen LogP contribution in [0.15, 0.2) is 41.2 Å². The van der Waals surface area contributed by atoms with E-state index in [0.717, 1.165) is 22.5 Å². The van der Waals surface area contributed by atoms with Gasteiger partial charge >= 0.3 is 0 Å². The molecule has 2 atom stereocenters. The number of aryl methyl sites for hydroxylation is 2. The van der Waals surface area contributed by atoms with Crippen molar-refractivity contribution >= 4 is 51.7 Å². The molecule has 8 nitrogen and oxygen atoms in total. The summed E-state index contributed by atoms with van der Waals surface area (Å²) in [6, 6.07) is 11.8. The lowest BCUT2D eigenvalue weighted by molar-refractivity contribution is -0.121. The van der Waals surface area contributed by atoms with Gasteiger partial charge in [-0.1, -0.05) is 12.1 Å². The van der Waals surface area contributed by atoms with E-state index in [-0.39, 0.29) is 17.6 Å². The average Bonchev–Trinajstić information content (AvgIpc) is 3.06. The second kappa shape index (κ2) is 10.4. The molecule has 0 N–H and O–H groups in total. The maximum atomic E-state index is 13.5. The smallest absolute Gasteiger partial charge is 0.261 e. The first-order valence-electron chi connectivity index (χ1n) is 13.6. The molecule has 1 amide bonds. The zero-order valence-electron chi connectivity index (χ0n) is 23.8. The Morgan fingerprint density at radius 3 is 2.65 bits per heavy atom. The Bertz CT molecular complexity index is 1520. The number of hydrogen-bond donors (Lipinski definition) is 0. The summed E-state index contributed by atoms with van der Waals surface area (Å²) in [6.45, 7) is 9.81. The van der Waals surface area contributed by atoms with Crippen molar-refractivity contribution in [3.8, 4) is 0 Å². The van der Waals surface area contributed by atoms with Gasteiger partial charge in [0.2, 0.25) is 5.91 Å². The molecule has 1 saturated heterocycles. The van der Waals surface area contributed by atoms with Crippen LogP contribution in [0.3, 0.4) is 0 Å². The third-order valence-electron chi connectivity index (χ3n) is 8.06. The van der Waals surface area contributed by atoms with Crippen molar-refractivity contribution in [3.05, 3.63) is 63.7 Å². The molecule has 0 aliphatic carbocycles. The Morgan fingerprint density at radius 1 is 1.18 bits per heavy atom. The Balaban J connectivity index is 1.34. The van der Waals surface area contributed by atoms with Gasteiger partial charge in [-0.05, 0) is 74.8 Å². The number of benzene rings is 2. The van der Waals surface area contributed by atoms with Crippen molar-refractivity contribution in [1.82, 2.24) is 9.55 Å². The first-order valence-corrected chi connectivity index (χ1v) is 13.6. The van der Waals surface area contributed by atoms with Crippen LogP contribution in [0.5, 0.6) is 0 Å². The predicted octanol–water partition coefficient (Wildman–Crippen LogP) is 1.93. The quantitative estimate of drug-likeness (QED) is 0.432. The fourth-order valence-electron chi connectivity index (χ4n) is 5.80. The van der Waals surface area contributed by atoms with Gasteiger partial charge in [-0.2, -0.15) is 0 Å². The summed E-state index contributed by atoms with van der Waals surface area (Å²) in [4.78, 5) is 34.8. The van der Waals surface area contributed by atoms with Crippen molar-refractivity contribution < 1.29 is 14.3 Å². The monoisotopic (exact) mass is 534 g/mol. The molecule has 2 aliphatic heterocycles. The molecule has 202 valence electrons. The number of carbonyl (C=O) groups excluding carboxylic acids is 1. The number of carbonyl (C=O) groups is 1. The molecule has 2 aromatic carbocycles. The number of likely N-dealkylation sites (N-methyl/N-ethyl adjacent to an activating group) is 1. The van der Waals surface area contributed by atoms with Crippen LogP contribution >= 0.6 is 0 Å². The van der Waals surface area contributed by atoms with E-state index in [1.807, 2.05) is 65.1 Å². The van der Waals surface area contributed by atoms with Gasteiger partial charge < -0.3 is 19.3 Å². The largest absolute Gasteiger partial charge is 0.397 e. The molecule has 1 fully saturated rings. The lowest BCUT2D eigenvalue weighted by atomic mass is 9.52. The van der Waals surface area contributed by atoms with Gasteiger partial charge in [0.05, 0.1) is 52.6 Å². The van der Waals surface area contributed by atoms with E-state index in [1.165, 1.54) is 0 Å². The minimum Gasteiger partial charge on any atom is -0.397 e. The molecule has 3 aromatic rings. The minimum absolute atomic E-state index is 0.0734. The standard InChI is InChI=1S/C29H33B3N4O4/c1-17(40-29(30,31)32)25-16-35(12-13-39-25)20-7-8-21-23(15-20)33-18(2)36(26(21)37)11-10-19-6-9-22-24(14-19)34(5)27(38)28(22,3)4/h6-9,14-15,17,25H,10-13,16H2,1-5H3. The molecule has 2 aliphatic rings.